The molecule has 21 heavy (non-hydrogen) atoms. The summed E-state index contributed by atoms with van der Waals surface area (Å²) in [7, 11) is 0. The average Bonchev–Trinajstić information content (AvgIpc) is 3.01. The molecule has 2 saturated heterocycles. The number of hydrogen-bond acceptors (Lipinski definition) is 4. The first kappa shape index (κ1) is 14.6. The predicted molar refractivity (Wildman–Crippen MR) is 84.1 cm³/mol. The summed E-state index contributed by atoms with van der Waals surface area (Å²) in [4.78, 5) is 13.1. The van der Waals surface area contributed by atoms with Gasteiger partial charge in [0.15, 0.2) is 0 Å². The number of anilines is 1. The molecule has 2 unspecified atom stereocenters. The highest BCUT2D eigenvalue weighted by atomic mass is 35.5. The Kier molecular flexibility index (Phi) is 4.31. The van der Waals surface area contributed by atoms with E-state index in [1.807, 2.05) is 6.07 Å². The predicted octanol–water partition coefficient (Wildman–Crippen LogP) is 3.22. The minimum absolute atomic E-state index is 0.0409. The third kappa shape index (κ3) is 2.99. The van der Waals surface area contributed by atoms with Crippen molar-refractivity contribution in [2.45, 2.75) is 31.7 Å². The summed E-state index contributed by atoms with van der Waals surface area (Å²) in [5.41, 5.74) is 0.703. The van der Waals surface area contributed by atoms with E-state index in [4.69, 9.17) is 11.6 Å². The molecule has 0 saturated carbocycles. The van der Waals surface area contributed by atoms with Gasteiger partial charge in [-0.25, -0.2) is 0 Å². The Bertz CT molecular complexity index is 532. The van der Waals surface area contributed by atoms with Gasteiger partial charge in [-0.1, -0.05) is 17.7 Å². The van der Waals surface area contributed by atoms with E-state index in [0.29, 0.717) is 17.6 Å². The lowest BCUT2D eigenvalue weighted by atomic mass is 9.89. The van der Waals surface area contributed by atoms with Crippen LogP contribution in [0.15, 0.2) is 18.2 Å². The molecule has 0 amide bonds. The van der Waals surface area contributed by atoms with Crippen molar-refractivity contribution in [2.75, 3.05) is 24.5 Å². The van der Waals surface area contributed by atoms with Crippen molar-refractivity contribution in [3.05, 3.63) is 33.3 Å². The van der Waals surface area contributed by atoms with Crippen LogP contribution in [0.4, 0.5) is 11.4 Å². The third-order valence-corrected chi connectivity index (χ3v) is 4.92. The molecule has 114 valence electrons. The van der Waals surface area contributed by atoms with Crippen molar-refractivity contribution in [2.24, 2.45) is 5.92 Å². The quantitative estimate of drug-likeness (QED) is 0.688. The van der Waals surface area contributed by atoms with Gasteiger partial charge in [0.2, 0.25) is 0 Å². The van der Waals surface area contributed by atoms with Gasteiger partial charge in [-0.2, -0.15) is 0 Å². The van der Waals surface area contributed by atoms with Crippen LogP contribution in [0, 0.1) is 16.0 Å². The van der Waals surface area contributed by atoms with Gasteiger partial charge in [-0.15, -0.1) is 0 Å². The number of nitrogens with zero attached hydrogens (tertiary/aromatic N) is 2. The van der Waals surface area contributed by atoms with Crippen LogP contribution in [0.1, 0.15) is 25.7 Å². The maximum atomic E-state index is 11.3. The zero-order chi connectivity index (χ0) is 14.8. The smallest absolute Gasteiger partial charge is 0.310 e. The number of nitro benzene ring substituents is 1. The lowest BCUT2D eigenvalue weighted by Crippen LogP contribution is -2.43. The molecule has 2 aliphatic heterocycles. The van der Waals surface area contributed by atoms with Crippen molar-refractivity contribution < 1.29 is 4.92 Å². The van der Waals surface area contributed by atoms with Gasteiger partial charge < -0.3 is 10.2 Å². The zero-order valence-electron chi connectivity index (χ0n) is 11.9. The molecule has 2 aliphatic rings. The standard InChI is InChI=1S/C15H20ClN3O2/c16-12-5-1-7-14(15(12)19(20)21)18-9-3-4-11(10-18)13-6-2-8-17-13/h1,5,7,11,13,17H,2-4,6,8-10H2. The Morgan fingerprint density at radius 3 is 2.90 bits per heavy atom. The van der Waals surface area contributed by atoms with Crippen molar-refractivity contribution >= 4 is 23.0 Å². The van der Waals surface area contributed by atoms with E-state index in [9.17, 15) is 10.1 Å². The molecular formula is C15H20ClN3O2. The molecule has 2 atom stereocenters. The highest BCUT2D eigenvalue weighted by Crippen LogP contribution is 2.37. The molecular weight excluding hydrogens is 290 g/mol. The topological polar surface area (TPSA) is 58.4 Å². The Hall–Kier alpha value is -1.33. The molecule has 3 rings (SSSR count). The number of rotatable bonds is 3. The first-order valence-corrected chi connectivity index (χ1v) is 7.96. The van der Waals surface area contributed by atoms with E-state index in [2.05, 4.69) is 10.2 Å². The summed E-state index contributed by atoms with van der Waals surface area (Å²) >= 11 is 6.03. The third-order valence-electron chi connectivity index (χ3n) is 4.61. The van der Waals surface area contributed by atoms with E-state index in [1.54, 1.807) is 12.1 Å². The highest BCUT2D eigenvalue weighted by molar-refractivity contribution is 6.33. The number of para-hydroxylation sites is 1. The highest BCUT2D eigenvalue weighted by Gasteiger charge is 2.32. The molecule has 2 heterocycles. The van der Waals surface area contributed by atoms with Crippen LogP contribution in [-0.4, -0.2) is 30.6 Å². The first-order valence-electron chi connectivity index (χ1n) is 7.58. The lowest BCUT2D eigenvalue weighted by Gasteiger charge is -2.37. The van der Waals surface area contributed by atoms with Crippen molar-refractivity contribution in [3.8, 4) is 0 Å². The fourth-order valence-electron chi connectivity index (χ4n) is 3.61. The molecule has 0 aliphatic carbocycles. The Morgan fingerprint density at radius 2 is 2.19 bits per heavy atom. The van der Waals surface area contributed by atoms with Gasteiger partial charge in [-0.3, -0.25) is 10.1 Å². The molecule has 1 aromatic rings. The summed E-state index contributed by atoms with van der Waals surface area (Å²) < 4.78 is 0. The average molecular weight is 310 g/mol. The van der Waals surface area contributed by atoms with Crippen molar-refractivity contribution in [3.63, 3.8) is 0 Å². The molecule has 1 N–H and O–H groups in total. The second-order valence-electron chi connectivity index (χ2n) is 5.92. The normalized spacial score (nSPS) is 26.0. The largest absolute Gasteiger partial charge is 0.366 e. The second-order valence-corrected chi connectivity index (χ2v) is 6.32. The molecule has 0 radical (unpaired) electrons. The van der Waals surface area contributed by atoms with Crippen LogP contribution >= 0.6 is 11.6 Å². The molecule has 0 aromatic heterocycles. The number of piperidine rings is 1. The first-order chi connectivity index (χ1) is 10.2. The monoisotopic (exact) mass is 309 g/mol. The fourth-order valence-corrected chi connectivity index (χ4v) is 3.85. The van der Waals surface area contributed by atoms with Crippen LogP contribution < -0.4 is 10.2 Å². The van der Waals surface area contributed by atoms with Gasteiger partial charge in [0.1, 0.15) is 10.7 Å². The maximum absolute atomic E-state index is 11.3. The van der Waals surface area contributed by atoms with Gasteiger partial charge in [-0.05, 0) is 50.3 Å². The maximum Gasteiger partial charge on any atom is 0.310 e. The lowest BCUT2D eigenvalue weighted by molar-refractivity contribution is -0.384. The summed E-state index contributed by atoms with van der Waals surface area (Å²) in [6, 6.07) is 5.76. The van der Waals surface area contributed by atoms with E-state index < -0.39 is 0 Å². The Labute approximate surface area is 129 Å². The van der Waals surface area contributed by atoms with Crippen LogP contribution in [0.5, 0.6) is 0 Å². The van der Waals surface area contributed by atoms with Crippen molar-refractivity contribution in [1.29, 1.82) is 0 Å². The van der Waals surface area contributed by atoms with Gasteiger partial charge in [0, 0.05) is 19.1 Å². The van der Waals surface area contributed by atoms with Gasteiger partial charge >= 0.3 is 5.69 Å². The zero-order valence-corrected chi connectivity index (χ0v) is 12.7. The summed E-state index contributed by atoms with van der Waals surface area (Å²) in [5.74, 6) is 0.569. The second kappa shape index (κ2) is 6.20. The minimum atomic E-state index is -0.366. The molecule has 5 nitrogen and oxygen atoms in total. The molecule has 1 aromatic carbocycles. The summed E-state index contributed by atoms with van der Waals surface area (Å²) in [6.07, 6.45) is 4.73. The van der Waals surface area contributed by atoms with Crippen LogP contribution in [0.2, 0.25) is 5.02 Å². The molecule has 0 spiro atoms. The molecule has 6 heteroatoms. The number of halogens is 1. The summed E-state index contributed by atoms with van der Waals surface area (Å²) in [6.45, 7) is 2.84. The summed E-state index contributed by atoms with van der Waals surface area (Å²) in [5, 5.41) is 15.1. The van der Waals surface area contributed by atoms with Crippen LogP contribution in [0.25, 0.3) is 0 Å². The number of nitro groups is 1. The number of benzene rings is 1. The SMILES string of the molecule is O=[N+]([O-])c1c(Cl)cccc1N1CCCC(C2CCCN2)C1. The van der Waals surface area contributed by atoms with E-state index in [-0.39, 0.29) is 15.6 Å². The molecule has 0 bridgehead atoms. The Morgan fingerprint density at radius 1 is 1.33 bits per heavy atom. The number of nitrogens with one attached hydrogen (secondary N) is 1. The fraction of sp³-hybridized carbons (Fsp3) is 0.600. The minimum Gasteiger partial charge on any atom is -0.366 e. The van der Waals surface area contributed by atoms with Gasteiger partial charge in [0.25, 0.3) is 0 Å². The van der Waals surface area contributed by atoms with Crippen LogP contribution in [-0.2, 0) is 0 Å². The van der Waals surface area contributed by atoms with Crippen molar-refractivity contribution in [1.82, 2.24) is 5.32 Å². The number of hydrogen-bond donors (Lipinski definition) is 1. The van der Waals surface area contributed by atoms with Gasteiger partial charge in [0.05, 0.1) is 4.92 Å². The van der Waals surface area contributed by atoms with E-state index in [0.717, 1.165) is 26.1 Å². The Balaban J connectivity index is 1.83. The molecule has 2 fully saturated rings. The van der Waals surface area contributed by atoms with Crippen LogP contribution in [0.3, 0.4) is 0 Å². The van der Waals surface area contributed by atoms with E-state index in [1.165, 1.54) is 19.3 Å². The van der Waals surface area contributed by atoms with E-state index >= 15 is 0 Å².